The third-order valence-corrected chi connectivity index (χ3v) is 3.89. The zero-order chi connectivity index (χ0) is 15.6. The minimum Gasteiger partial charge on any atom is -0.493 e. The number of nitrogens with zero attached hydrogens (tertiary/aromatic N) is 5. The van der Waals surface area contributed by atoms with Crippen molar-refractivity contribution in [2.45, 2.75) is 18.9 Å². The van der Waals surface area contributed by atoms with Crippen molar-refractivity contribution in [1.29, 1.82) is 0 Å². The van der Waals surface area contributed by atoms with Gasteiger partial charge in [-0.25, -0.2) is 0 Å². The van der Waals surface area contributed by atoms with E-state index in [1.807, 2.05) is 10.9 Å². The van der Waals surface area contributed by atoms with Gasteiger partial charge >= 0.3 is 6.01 Å². The number of rotatable bonds is 3. The molecule has 2 N–H and O–H groups in total. The first-order valence-corrected chi connectivity index (χ1v) is 7.53. The van der Waals surface area contributed by atoms with Gasteiger partial charge in [-0.3, -0.25) is 9.67 Å². The molecule has 1 aliphatic heterocycles. The van der Waals surface area contributed by atoms with Crippen LogP contribution in [0.5, 0.6) is 17.6 Å². The second-order valence-corrected chi connectivity index (χ2v) is 5.48. The maximum atomic E-state index is 9.95. The first-order chi connectivity index (χ1) is 11.3. The minimum absolute atomic E-state index is 0.0734. The Hall–Kier alpha value is -2.74. The van der Waals surface area contributed by atoms with Crippen LogP contribution in [0.4, 0.5) is 0 Å². The van der Waals surface area contributed by atoms with Crippen LogP contribution in [-0.4, -0.2) is 42.9 Å². The van der Waals surface area contributed by atoms with Crippen LogP contribution in [0.2, 0.25) is 0 Å². The fourth-order valence-electron chi connectivity index (χ4n) is 2.73. The van der Waals surface area contributed by atoms with E-state index in [0.717, 1.165) is 25.9 Å². The molecular formula is C15H16N6O2. The highest BCUT2D eigenvalue weighted by atomic mass is 16.5. The van der Waals surface area contributed by atoms with Crippen LogP contribution in [0.25, 0.3) is 10.9 Å². The zero-order valence-electron chi connectivity index (χ0n) is 12.4. The number of aromatic hydroxyl groups is 1. The SMILES string of the molecule is Oc1nc(Oc2cnn([C@@H]3CCCNC3)c2)nc2cnccc12. The summed E-state index contributed by atoms with van der Waals surface area (Å²) in [5.41, 5.74) is 0.527. The molecule has 0 aromatic carbocycles. The van der Waals surface area contributed by atoms with E-state index in [1.165, 1.54) is 0 Å². The molecule has 0 saturated carbocycles. The maximum Gasteiger partial charge on any atom is 0.326 e. The Bertz CT molecular complexity index is 828. The second kappa shape index (κ2) is 5.81. The highest BCUT2D eigenvalue weighted by Crippen LogP contribution is 2.26. The highest BCUT2D eigenvalue weighted by molar-refractivity contribution is 5.82. The number of fused-ring (bicyclic) bond motifs is 1. The van der Waals surface area contributed by atoms with Crippen LogP contribution in [0.3, 0.4) is 0 Å². The normalized spacial score (nSPS) is 18.2. The average Bonchev–Trinajstić information content (AvgIpc) is 3.04. The van der Waals surface area contributed by atoms with Gasteiger partial charge in [-0.2, -0.15) is 15.1 Å². The predicted octanol–water partition coefficient (Wildman–Crippen LogP) is 1.64. The molecule has 0 spiro atoms. The lowest BCUT2D eigenvalue weighted by atomic mass is 10.1. The number of pyridine rings is 1. The van der Waals surface area contributed by atoms with Crippen molar-refractivity contribution in [3.8, 4) is 17.6 Å². The van der Waals surface area contributed by atoms with Gasteiger partial charge in [0.25, 0.3) is 0 Å². The van der Waals surface area contributed by atoms with Crippen LogP contribution in [0.15, 0.2) is 30.9 Å². The van der Waals surface area contributed by atoms with Crippen molar-refractivity contribution in [3.05, 3.63) is 30.9 Å². The van der Waals surface area contributed by atoms with Crippen LogP contribution in [0.1, 0.15) is 18.9 Å². The lowest BCUT2D eigenvalue weighted by Gasteiger charge is -2.22. The number of piperidine rings is 1. The average molecular weight is 312 g/mol. The van der Waals surface area contributed by atoms with E-state index in [4.69, 9.17) is 4.74 Å². The Morgan fingerprint density at radius 1 is 1.30 bits per heavy atom. The van der Waals surface area contributed by atoms with Gasteiger partial charge in [0.1, 0.15) is 0 Å². The standard InChI is InChI=1S/C15H16N6O2/c22-14-12-3-5-17-8-13(12)19-15(20-14)23-11-7-18-21(9-11)10-2-1-4-16-6-10/h3,5,7-10,16H,1-2,4,6H2,(H,19,20,22)/t10-/m1/s1. The molecular weight excluding hydrogens is 296 g/mol. The van der Waals surface area contributed by atoms with Crippen LogP contribution in [-0.2, 0) is 0 Å². The molecule has 0 bridgehead atoms. The molecule has 4 heterocycles. The maximum absolute atomic E-state index is 9.95. The summed E-state index contributed by atoms with van der Waals surface area (Å²) in [6.07, 6.45) is 8.81. The van der Waals surface area contributed by atoms with E-state index in [-0.39, 0.29) is 11.9 Å². The molecule has 23 heavy (non-hydrogen) atoms. The van der Waals surface area contributed by atoms with Gasteiger partial charge in [-0.1, -0.05) is 0 Å². The van der Waals surface area contributed by atoms with Crippen molar-refractivity contribution in [2.75, 3.05) is 13.1 Å². The summed E-state index contributed by atoms with van der Waals surface area (Å²) in [6, 6.07) is 2.06. The molecule has 0 radical (unpaired) electrons. The van der Waals surface area contributed by atoms with Crippen molar-refractivity contribution < 1.29 is 9.84 Å². The van der Waals surface area contributed by atoms with E-state index in [9.17, 15) is 5.11 Å². The number of nitrogens with one attached hydrogen (secondary N) is 1. The molecule has 3 aromatic rings. The largest absolute Gasteiger partial charge is 0.493 e. The van der Waals surface area contributed by atoms with Crippen LogP contribution in [0, 0.1) is 0 Å². The summed E-state index contributed by atoms with van der Waals surface area (Å²) >= 11 is 0. The molecule has 118 valence electrons. The molecule has 4 rings (SSSR count). The Labute approximate surface area is 132 Å². The zero-order valence-corrected chi connectivity index (χ0v) is 12.4. The van der Waals surface area contributed by atoms with E-state index in [0.29, 0.717) is 22.7 Å². The summed E-state index contributed by atoms with van der Waals surface area (Å²) < 4.78 is 7.52. The molecule has 1 aliphatic rings. The first-order valence-electron chi connectivity index (χ1n) is 7.53. The van der Waals surface area contributed by atoms with Gasteiger partial charge in [-0.15, -0.1) is 0 Å². The third-order valence-electron chi connectivity index (χ3n) is 3.89. The molecule has 0 aliphatic carbocycles. The Balaban J connectivity index is 1.57. The predicted molar refractivity (Wildman–Crippen MR) is 82.4 cm³/mol. The first kappa shape index (κ1) is 13.9. The van der Waals surface area contributed by atoms with Crippen LogP contribution < -0.4 is 10.1 Å². The van der Waals surface area contributed by atoms with Gasteiger partial charge in [0.05, 0.1) is 35.5 Å². The van der Waals surface area contributed by atoms with Gasteiger partial charge in [0.2, 0.25) is 5.88 Å². The van der Waals surface area contributed by atoms with Gasteiger partial charge in [0.15, 0.2) is 5.75 Å². The smallest absolute Gasteiger partial charge is 0.326 e. The summed E-state index contributed by atoms with van der Waals surface area (Å²) in [6.45, 7) is 1.96. The molecule has 1 atom stereocenters. The van der Waals surface area contributed by atoms with Crippen molar-refractivity contribution >= 4 is 10.9 Å². The quantitative estimate of drug-likeness (QED) is 0.758. The molecule has 1 saturated heterocycles. The molecule has 8 heteroatoms. The Morgan fingerprint density at radius 3 is 3.13 bits per heavy atom. The van der Waals surface area contributed by atoms with Crippen molar-refractivity contribution in [1.82, 2.24) is 30.0 Å². The fraction of sp³-hybridized carbons (Fsp3) is 0.333. The van der Waals surface area contributed by atoms with E-state index in [1.54, 1.807) is 24.7 Å². The van der Waals surface area contributed by atoms with Gasteiger partial charge in [0, 0.05) is 12.7 Å². The van der Waals surface area contributed by atoms with Gasteiger partial charge < -0.3 is 15.2 Å². The Morgan fingerprint density at radius 2 is 2.26 bits per heavy atom. The summed E-state index contributed by atoms with van der Waals surface area (Å²) in [7, 11) is 0. The van der Waals surface area contributed by atoms with Crippen molar-refractivity contribution in [2.24, 2.45) is 0 Å². The minimum atomic E-state index is -0.128. The van der Waals surface area contributed by atoms with Crippen molar-refractivity contribution in [3.63, 3.8) is 0 Å². The Kier molecular flexibility index (Phi) is 3.51. The highest BCUT2D eigenvalue weighted by Gasteiger charge is 2.16. The molecule has 1 fully saturated rings. The third kappa shape index (κ3) is 2.80. The van der Waals surface area contributed by atoms with E-state index >= 15 is 0 Å². The van der Waals surface area contributed by atoms with Crippen LogP contribution >= 0.6 is 0 Å². The van der Waals surface area contributed by atoms with E-state index in [2.05, 4.69) is 25.4 Å². The lowest BCUT2D eigenvalue weighted by molar-refractivity contribution is 0.345. The molecule has 0 unspecified atom stereocenters. The number of ether oxygens (including phenoxy) is 1. The van der Waals surface area contributed by atoms with E-state index < -0.39 is 0 Å². The molecule has 8 nitrogen and oxygen atoms in total. The van der Waals surface area contributed by atoms with Gasteiger partial charge in [-0.05, 0) is 25.5 Å². The number of aromatic nitrogens is 5. The molecule has 3 aromatic heterocycles. The summed E-state index contributed by atoms with van der Waals surface area (Å²) in [5, 5.41) is 18.2. The monoisotopic (exact) mass is 312 g/mol. The summed E-state index contributed by atoms with van der Waals surface area (Å²) in [4.78, 5) is 12.2. The lowest BCUT2D eigenvalue weighted by Crippen LogP contribution is -2.31. The fourth-order valence-corrected chi connectivity index (χ4v) is 2.73. The number of hydrogen-bond donors (Lipinski definition) is 2. The topological polar surface area (TPSA) is 98.0 Å². The second-order valence-electron chi connectivity index (χ2n) is 5.48. The molecule has 0 amide bonds. The summed E-state index contributed by atoms with van der Waals surface area (Å²) in [5.74, 6) is 0.412. The number of hydrogen-bond acceptors (Lipinski definition) is 7.